The Labute approximate surface area is 186 Å². The number of nitrogens with one attached hydrogen (secondary N) is 1. The van der Waals surface area contributed by atoms with Gasteiger partial charge < -0.3 is 5.01 Å². The van der Waals surface area contributed by atoms with Gasteiger partial charge in [0.2, 0.25) is 0 Å². The third-order valence-corrected chi connectivity index (χ3v) is 4.14. The van der Waals surface area contributed by atoms with Crippen LogP contribution in [-0.2, 0) is 21.1 Å². The second-order valence-electron chi connectivity index (χ2n) is 6.78. The van der Waals surface area contributed by atoms with Crippen molar-refractivity contribution in [2.75, 3.05) is 18.6 Å². The van der Waals surface area contributed by atoms with E-state index in [-0.39, 0.29) is 26.9 Å². The first kappa shape index (κ1) is 23.3. The summed E-state index contributed by atoms with van der Waals surface area (Å²) in [5, 5.41) is 12.4. The predicted octanol–water partition coefficient (Wildman–Crippen LogP) is 2.20. The standard InChI is InChI=1S/C10H14BN4.C9H10FN3.Pt/c1-7-5-9(3)14(12-7)11-15-10(4)6-8(2)13-15;1-12-6-7-13(11-12)9-4-2-8(10)3-5-9;/h5-6H,1-4H3;2-4,7,11H,6H2,1H3;/q;-2;+2. The van der Waals surface area contributed by atoms with Crippen LogP contribution in [0.2, 0.25) is 0 Å². The fourth-order valence-electron chi connectivity index (χ4n) is 2.80. The Bertz CT molecular complexity index is 881. The number of anilines is 1. The second-order valence-corrected chi connectivity index (χ2v) is 6.78. The molecular weight excluding hydrogens is 551 g/mol. The van der Waals surface area contributed by atoms with Crippen molar-refractivity contribution >= 4 is 13.2 Å². The van der Waals surface area contributed by atoms with E-state index in [1.807, 2.05) is 75.2 Å². The molecule has 1 aromatic carbocycles. The van der Waals surface area contributed by atoms with Gasteiger partial charge in [-0.15, -0.1) is 18.2 Å². The Morgan fingerprint density at radius 2 is 1.66 bits per heavy atom. The monoisotopic (exact) mass is 575 g/mol. The SMILES string of the molecule is CN1C[CH-]N(c2[c-]cc(F)cc2)N1.Cc1cc(C)n([B]n2nc(C)cc2C)n1.[Pt+2]. The molecule has 10 heteroatoms. The molecule has 2 aromatic heterocycles. The maximum atomic E-state index is 12.6. The van der Waals surface area contributed by atoms with Crippen LogP contribution >= 0.6 is 0 Å². The third kappa shape index (κ3) is 6.26. The number of hydrazine groups is 2. The largest absolute Gasteiger partial charge is 2.00 e. The summed E-state index contributed by atoms with van der Waals surface area (Å²) < 4.78 is 16.2. The number of aromatic nitrogens is 4. The molecule has 0 spiro atoms. The van der Waals surface area contributed by atoms with Crippen molar-refractivity contribution in [1.82, 2.24) is 29.9 Å². The molecule has 1 aliphatic heterocycles. The second kappa shape index (κ2) is 10.2. The minimum atomic E-state index is -0.267. The van der Waals surface area contributed by atoms with Gasteiger partial charge in [-0.1, -0.05) is 12.2 Å². The number of hydrogen-bond acceptors (Lipinski definition) is 5. The number of aryl methyl sites for hydroxylation is 4. The summed E-state index contributed by atoms with van der Waals surface area (Å²) in [5.41, 5.74) is 8.12. The van der Waals surface area contributed by atoms with Crippen LogP contribution in [0, 0.1) is 46.1 Å². The molecule has 0 aliphatic carbocycles. The molecule has 1 fully saturated rings. The van der Waals surface area contributed by atoms with Crippen molar-refractivity contribution in [1.29, 1.82) is 0 Å². The Morgan fingerprint density at radius 1 is 1.07 bits per heavy atom. The molecule has 1 radical (unpaired) electrons. The fraction of sp³-hybridized carbons (Fsp3) is 0.316. The van der Waals surface area contributed by atoms with E-state index in [1.165, 1.54) is 12.1 Å². The van der Waals surface area contributed by atoms with Crippen LogP contribution in [0.3, 0.4) is 0 Å². The van der Waals surface area contributed by atoms with E-state index in [9.17, 15) is 4.39 Å². The molecule has 1 saturated heterocycles. The van der Waals surface area contributed by atoms with E-state index < -0.39 is 0 Å². The van der Waals surface area contributed by atoms with Gasteiger partial charge in [-0.25, -0.2) is 12.1 Å². The summed E-state index contributed by atoms with van der Waals surface area (Å²) in [5.74, 6) is -0.267. The van der Waals surface area contributed by atoms with Crippen LogP contribution < -0.4 is 10.5 Å². The number of rotatable bonds is 3. The molecule has 1 aliphatic rings. The Morgan fingerprint density at radius 3 is 2.03 bits per heavy atom. The third-order valence-electron chi connectivity index (χ3n) is 4.14. The number of likely N-dealkylation sites (N-methyl/N-ethyl adjacent to an activating group) is 1. The quantitative estimate of drug-likeness (QED) is 0.384. The number of benzene rings is 1. The minimum Gasteiger partial charge on any atom is -0.465 e. The summed E-state index contributed by atoms with van der Waals surface area (Å²) in [6.45, 7) is 10.8. The smallest absolute Gasteiger partial charge is 0.465 e. The van der Waals surface area contributed by atoms with E-state index >= 15 is 0 Å². The van der Waals surface area contributed by atoms with E-state index in [0.717, 1.165) is 35.0 Å². The summed E-state index contributed by atoms with van der Waals surface area (Å²) >= 11 is 0. The van der Waals surface area contributed by atoms with Crippen molar-refractivity contribution in [2.24, 2.45) is 0 Å². The Kier molecular flexibility index (Phi) is 8.19. The number of nitrogens with zero attached hydrogens (tertiary/aromatic N) is 6. The van der Waals surface area contributed by atoms with Gasteiger partial charge in [0.05, 0.1) is 11.4 Å². The molecule has 1 N–H and O–H groups in total. The molecule has 4 rings (SSSR count). The van der Waals surface area contributed by atoms with Crippen LogP contribution in [0.1, 0.15) is 22.8 Å². The van der Waals surface area contributed by atoms with Crippen LogP contribution in [0.5, 0.6) is 0 Å². The van der Waals surface area contributed by atoms with E-state index in [1.54, 1.807) is 11.1 Å². The van der Waals surface area contributed by atoms with Crippen molar-refractivity contribution in [3.8, 4) is 0 Å². The van der Waals surface area contributed by atoms with E-state index in [0.29, 0.717) is 0 Å². The van der Waals surface area contributed by atoms with Crippen molar-refractivity contribution in [3.63, 3.8) is 0 Å². The van der Waals surface area contributed by atoms with Crippen molar-refractivity contribution in [2.45, 2.75) is 27.7 Å². The van der Waals surface area contributed by atoms with Gasteiger partial charge >= 0.3 is 28.6 Å². The number of halogens is 1. The summed E-state index contributed by atoms with van der Waals surface area (Å²) in [4.78, 5) is 0. The predicted molar refractivity (Wildman–Crippen MR) is 108 cm³/mol. The average molecular weight is 575 g/mol. The van der Waals surface area contributed by atoms with Gasteiger partial charge in [-0.05, 0) is 39.8 Å². The topological polar surface area (TPSA) is 54.1 Å². The van der Waals surface area contributed by atoms with Gasteiger partial charge in [0.15, 0.2) is 0 Å². The molecule has 29 heavy (non-hydrogen) atoms. The zero-order chi connectivity index (χ0) is 20.3. The summed E-state index contributed by atoms with van der Waals surface area (Å²) in [7, 11) is 3.82. The molecule has 3 aromatic rings. The number of hydrogen-bond donors (Lipinski definition) is 1. The fourth-order valence-corrected chi connectivity index (χ4v) is 2.80. The first-order chi connectivity index (χ1) is 13.3. The molecule has 0 atom stereocenters. The van der Waals surface area contributed by atoms with Gasteiger partial charge in [0.1, 0.15) is 0 Å². The van der Waals surface area contributed by atoms with Crippen molar-refractivity contribution in [3.05, 3.63) is 71.5 Å². The molecule has 7 nitrogen and oxygen atoms in total. The molecule has 0 unspecified atom stereocenters. The van der Waals surface area contributed by atoms with Gasteiger partial charge in [0, 0.05) is 24.3 Å². The molecule has 155 valence electrons. The molecular formula is C19H24BFN7Pt. The molecule has 0 saturated carbocycles. The average Bonchev–Trinajstić information content (AvgIpc) is 3.29. The van der Waals surface area contributed by atoms with Crippen LogP contribution in [0.4, 0.5) is 10.1 Å². The van der Waals surface area contributed by atoms with Crippen LogP contribution in [0.25, 0.3) is 0 Å². The summed E-state index contributed by atoms with van der Waals surface area (Å²) in [6.07, 6.45) is 0. The van der Waals surface area contributed by atoms with Gasteiger partial charge in [0.25, 0.3) is 0 Å². The first-order valence-corrected chi connectivity index (χ1v) is 8.99. The normalized spacial score (nSPS) is 13.7. The Hall–Kier alpha value is -1.96. The molecule has 0 amide bonds. The van der Waals surface area contributed by atoms with Crippen LogP contribution in [0.15, 0.2) is 30.3 Å². The first-order valence-electron chi connectivity index (χ1n) is 8.99. The van der Waals surface area contributed by atoms with Crippen molar-refractivity contribution < 1.29 is 25.5 Å². The van der Waals surface area contributed by atoms with E-state index in [2.05, 4.69) is 21.8 Å². The maximum Gasteiger partial charge on any atom is 2.00 e. The van der Waals surface area contributed by atoms with Gasteiger partial charge in [-0.3, -0.25) is 18.6 Å². The van der Waals surface area contributed by atoms with Gasteiger partial charge in [-0.2, -0.15) is 16.3 Å². The zero-order valence-electron chi connectivity index (χ0n) is 17.1. The maximum absolute atomic E-state index is 12.6. The van der Waals surface area contributed by atoms with E-state index in [4.69, 9.17) is 0 Å². The van der Waals surface area contributed by atoms with Crippen LogP contribution in [-0.4, -0.2) is 45.5 Å². The zero-order valence-corrected chi connectivity index (χ0v) is 19.4. The summed E-state index contributed by atoms with van der Waals surface area (Å²) in [6, 6.07) is 11.3. The molecule has 0 bridgehead atoms. The minimum absolute atomic E-state index is 0. The Balaban J connectivity index is 0.000000202. The molecule has 3 heterocycles.